The fraction of sp³-hybridized carbons (Fsp3) is 0.615. The number of nitrogens with zero attached hydrogens (tertiary/aromatic N) is 2. The third-order valence-electron chi connectivity index (χ3n) is 2.51. The Morgan fingerprint density at radius 3 is 2.71 bits per heavy atom. The van der Waals surface area contributed by atoms with E-state index in [4.69, 9.17) is 10.5 Å². The molecule has 17 heavy (non-hydrogen) atoms. The summed E-state index contributed by atoms with van der Waals surface area (Å²) in [6.45, 7) is 6.32. The molecule has 2 N–H and O–H groups in total. The summed E-state index contributed by atoms with van der Waals surface area (Å²) in [5.41, 5.74) is 6.68. The second-order valence-corrected chi connectivity index (χ2v) is 4.40. The Kier molecular flexibility index (Phi) is 5.94. The summed E-state index contributed by atoms with van der Waals surface area (Å²) in [4.78, 5) is 6.50. The van der Waals surface area contributed by atoms with Gasteiger partial charge in [0.25, 0.3) is 0 Å². The zero-order valence-electron chi connectivity index (χ0n) is 11.0. The molecule has 0 aliphatic rings. The van der Waals surface area contributed by atoms with Gasteiger partial charge in [0.1, 0.15) is 5.82 Å². The number of nitrogens with two attached hydrogens (primary N) is 1. The van der Waals surface area contributed by atoms with Gasteiger partial charge in [-0.3, -0.25) is 0 Å². The lowest BCUT2D eigenvalue weighted by Gasteiger charge is -2.19. The highest BCUT2D eigenvalue weighted by molar-refractivity contribution is 5.38. The Morgan fingerprint density at radius 1 is 1.41 bits per heavy atom. The topological polar surface area (TPSA) is 51.4 Å². The predicted molar refractivity (Wildman–Crippen MR) is 71.4 cm³/mol. The van der Waals surface area contributed by atoms with E-state index < -0.39 is 0 Å². The minimum absolute atomic E-state index is 0.281. The molecule has 1 aromatic rings. The van der Waals surface area contributed by atoms with Gasteiger partial charge in [-0.2, -0.15) is 0 Å². The highest BCUT2D eigenvalue weighted by Crippen LogP contribution is 2.09. The molecule has 0 saturated carbocycles. The molecule has 1 heterocycles. The third kappa shape index (κ3) is 5.15. The minimum atomic E-state index is 0.281. The molecule has 0 fully saturated rings. The number of ether oxygens (including phenoxy) is 1. The van der Waals surface area contributed by atoms with Gasteiger partial charge < -0.3 is 15.4 Å². The van der Waals surface area contributed by atoms with Crippen molar-refractivity contribution in [1.82, 2.24) is 4.98 Å². The van der Waals surface area contributed by atoms with Crippen molar-refractivity contribution < 1.29 is 4.74 Å². The quantitative estimate of drug-likeness (QED) is 0.779. The van der Waals surface area contributed by atoms with Crippen molar-refractivity contribution in [2.75, 3.05) is 31.6 Å². The Balaban J connectivity index is 2.43. The van der Waals surface area contributed by atoms with Crippen molar-refractivity contribution in [3.63, 3.8) is 0 Å². The summed E-state index contributed by atoms with van der Waals surface area (Å²) in [5, 5.41) is 0. The summed E-state index contributed by atoms with van der Waals surface area (Å²) >= 11 is 0. The molecule has 0 unspecified atom stereocenters. The Bertz CT molecular complexity index is 311. The van der Waals surface area contributed by atoms with Crippen LogP contribution < -0.4 is 10.6 Å². The van der Waals surface area contributed by atoms with Gasteiger partial charge in [0, 0.05) is 19.8 Å². The standard InChI is InChI=1S/C13H23N3O/c1-11(2)17-9-8-16(3)13-5-4-12(6-7-14)10-15-13/h4-5,10-11H,6-9,14H2,1-3H3. The number of likely N-dealkylation sites (N-methyl/N-ethyl adjacent to an activating group) is 1. The van der Waals surface area contributed by atoms with E-state index in [1.165, 1.54) is 5.56 Å². The van der Waals surface area contributed by atoms with Gasteiger partial charge in [0.15, 0.2) is 0 Å². The lowest BCUT2D eigenvalue weighted by Crippen LogP contribution is -2.24. The first-order valence-corrected chi connectivity index (χ1v) is 6.11. The largest absolute Gasteiger partial charge is 0.377 e. The first kappa shape index (κ1) is 13.9. The molecule has 0 amide bonds. The van der Waals surface area contributed by atoms with Crippen molar-refractivity contribution in [2.45, 2.75) is 26.4 Å². The van der Waals surface area contributed by atoms with Gasteiger partial charge in [-0.25, -0.2) is 4.98 Å². The summed E-state index contributed by atoms with van der Waals surface area (Å²) in [6.07, 6.45) is 3.05. The highest BCUT2D eigenvalue weighted by Gasteiger charge is 2.03. The number of hydrogen-bond donors (Lipinski definition) is 1. The van der Waals surface area contributed by atoms with Crippen molar-refractivity contribution in [1.29, 1.82) is 0 Å². The van der Waals surface area contributed by atoms with Gasteiger partial charge in [-0.05, 0) is 38.4 Å². The summed E-state index contributed by atoms with van der Waals surface area (Å²) in [7, 11) is 2.02. The maximum absolute atomic E-state index is 5.51. The number of pyridine rings is 1. The molecule has 0 aromatic carbocycles. The lowest BCUT2D eigenvalue weighted by molar-refractivity contribution is 0.0845. The van der Waals surface area contributed by atoms with Crippen LogP contribution in [0.5, 0.6) is 0 Å². The van der Waals surface area contributed by atoms with Gasteiger partial charge in [-0.15, -0.1) is 0 Å². The Hall–Kier alpha value is -1.13. The summed E-state index contributed by atoms with van der Waals surface area (Å²) in [5.74, 6) is 0.970. The van der Waals surface area contributed by atoms with E-state index in [-0.39, 0.29) is 6.10 Å². The predicted octanol–water partition coefficient (Wildman–Crippen LogP) is 1.44. The summed E-state index contributed by atoms with van der Waals surface area (Å²) in [6, 6.07) is 4.11. The van der Waals surface area contributed by atoms with Gasteiger partial charge in [-0.1, -0.05) is 6.07 Å². The average Bonchev–Trinajstić information content (AvgIpc) is 2.30. The van der Waals surface area contributed by atoms with Crippen LogP contribution in [0.25, 0.3) is 0 Å². The van der Waals surface area contributed by atoms with Gasteiger partial charge >= 0.3 is 0 Å². The van der Waals surface area contributed by atoms with Crippen LogP contribution in [0.15, 0.2) is 18.3 Å². The maximum atomic E-state index is 5.51. The smallest absolute Gasteiger partial charge is 0.128 e. The minimum Gasteiger partial charge on any atom is -0.377 e. The number of rotatable bonds is 7. The van der Waals surface area contributed by atoms with E-state index in [0.29, 0.717) is 6.54 Å². The van der Waals surface area contributed by atoms with Crippen LogP contribution in [0.3, 0.4) is 0 Å². The molecule has 0 spiro atoms. The van der Waals surface area contributed by atoms with Crippen LogP contribution in [0, 0.1) is 0 Å². The number of aromatic nitrogens is 1. The summed E-state index contributed by atoms with van der Waals surface area (Å²) < 4.78 is 5.51. The van der Waals surface area contributed by atoms with Gasteiger partial charge in [0.2, 0.25) is 0 Å². The molecular formula is C13H23N3O. The van der Waals surface area contributed by atoms with E-state index in [1.807, 2.05) is 33.2 Å². The van der Waals surface area contributed by atoms with E-state index in [2.05, 4.69) is 16.0 Å². The van der Waals surface area contributed by atoms with E-state index in [0.717, 1.165) is 25.4 Å². The molecule has 0 aliphatic carbocycles. The molecule has 0 atom stereocenters. The lowest BCUT2D eigenvalue weighted by atomic mass is 10.2. The van der Waals surface area contributed by atoms with E-state index in [1.54, 1.807) is 0 Å². The Labute approximate surface area is 104 Å². The monoisotopic (exact) mass is 237 g/mol. The van der Waals surface area contributed by atoms with Crippen molar-refractivity contribution >= 4 is 5.82 Å². The first-order valence-electron chi connectivity index (χ1n) is 6.11. The molecule has 1 aromatic heterocycles. The van der Waals surface area contributed by atoms with Crippen LogP contribution in [0.1, 0.15) is 19.4 Å². The fourth-order valence-electron chi connectivity index (χ4n) is 1.50. The molecule has 4 heteroatoms. The molecule has 96 valence electrons. The molecule has 0 aliphatic heterocycles. The average molecular weight is 237 g/mol. The van der Waals surface area contributed by atoms with E-state index >= 15 is 0 Å². The third-order valence-corrected chi connectivity index (χ3v) is 2.51. The molecule has 1 rings (SSSR count). The van der Waals surface area contributed by atoms with Crippen molar-refractivity contribution in [3.8, 4) is 0 Å². The van der Waals surface area contributed by atoms with E-state index in [9.17, 15) is 0 Å². The zero-order chi connectivity index (χ0) is 12.7. The van der Waals surface area contributed by atoms with Crippen molar-refractivity contribution in [3.05, 3.63) is 23.9 Å². The molecular weight excluding hydrogens is 214 g/mol. The van der Waals surface area contributed by atoms with Crippen molar-refractivity contribution in [2.24, 2.45) is 5.73 Å². The normalized spacial score (nSPS) is 10.9. The van der Waals surface area contributed by atoms with Crippen LogP contribution in [-0.2, 0) is 11.2 Å². The maximum Gasteiger partial charge on any atom is 0.128 e. The first-order chi connectivity index (χ1) is 8.13. The fourth-order valence-corrected chi connectivity index (χ4v) is 1.50. The second kappa shape index (κ2) is 7.25. The Morgan fingerprint density at radius 2 is 2.18 bits per heavy atom. The van der Waals surface area contributed by atoms with Crippen LogP contribution >= 0.6 is 0 Å². The molecule has 0 radical (unpaired) electrons. The van der Waals surface area contributed by atoms with Gasteiger partial charge in [0.05, 0.1) is 12.7 Å². The molecule has 0 bridgehead atoms. The van der Waals surface area contributed by atoms with Crippen LogP contribution in [-0.4, -0.2) is 37.8 Å². The zero-order valence-corrected chi connectivity index (χ0v) is 11.0. The molecule has 4 nitrogen and oxygen atoms in total. The van der Waals surface area contributed by atoms with Crippen LogP contribution in [0.2, 0.25) is 0 Å². The molecule has 0 saturated heterocycles. The number of hydrogen-bond acceptors (Lipinski definition) is 4. The number of anilines is 1. The SMILES string of the molecule is CC(C)OCCN(C)c1ccc(CCN)cn1. The highest BCUT2D eigenvalue weighted by atomic mass is 16.5. The second-order valence-electron chi connectivity index (χ2n) is 4.40. The van der Waals surface area contributed by atoms with Crippen LogP contribution in [0.4, 0.5) is 5.82 Å².